The van der Waals surface area contributed by atoms with Gasteiger partial charge in [-0.2, -0.15) is 0 Å². The summed E-state index contributed by atoms with van der Waals surface area (Å²) in [6.45, 7) is 3.62. The number of para-hydroxylation sites is 2. The summed E-state index contributed by atoms with van der Waals surface area (Å²) in [5.74, 6) is 0.0231. The zero-order valence-corrected chi connectivity index (χ0v) is 14.7. The maximum atomic E-state index is 12.3. The number of amides is 1. The molecule has 1 amide bonds. The second kappa shape index (κ2) is 7.91. The first-order valence-corrected chi connectivity index (χ1v) is 8.55. The molecule has 6 nitrogen and oxygen atoms in total. The van der Waals surface area contributed by atoms with Gasteiger partial charge in [-0.3, -0.25) is 4.79 Å². The van der Waals surface area contributed by atoms with Crippen LogP contribution in [0, 0.1) is 0 Å². The van der Waals surface area contributed by atoms with Gasteiger partial charge in [-0.15, -0.1) is 0 Å². The van der Waals surface area contributed by atoms with Crippen molar-refractivity contribution in [3.63, 3.8) is 0 Å². The number of esters is 1. The van der Waals surface area contributed by atoms with Gasteiger partial charge in [-0.1, -0.05) is 31.2 Å². The highest BCUT2D eigenvalue weighted by atomic mass is 16.6. The fraction of sp³-hybridized carbons (Fsp3) is 0.300. The standard InChI is InChI=1S/C20H21NO5/c1-3-14-8-10-15(11-9-14)21-19(22)13(2)25-20(23)18-12-24-16-6-4-5-7-17(16)26-18/h4-11,13,18H,3,12H2,1-2H3,(H,21,22)/t13-,18+/m0/s1. The van der Waals surface area contributed by atoms with Crippen molar-refractivity contribution in [2.24, 2.45) is 0 Å². The van der Waals surface area contributed by atoms with E-state index in [4.69, 9.17) is 14.2 Å². The molecule has 0 radical (unpaired) electrons. The summed E-state index contributed by atoms with van der Waals surface area (Å²) in [4.78, 5) is 24.5. The molecule has 3 rings (SSSR count). The molecule has 0 saturated heterocycles. The van der Waals surface area contributed by atoms with E-state index >= 15 is 0 Å². The molecule has 136 valence electrons. The van der Waals surface area contributed by atoms with Crippen molar-refractivity contribution in [2.75, 3.05) is 11.9 Å². The van der Waals surface area contributed by atoms with Crippen molar-refractivity contribution in [1.82, 2.24) is 0 Å². The van der Waals surface area contributed by atoms with Crippen molar-refractivity contribution in [3.8, 4) is 11.5 Å². The molecule has 1 aliphatic heterocycles. The Hall–Kier alpha value is -3.02. The number of anilines is 1. The van der Waals surface area contributed by atoms with E-state index in [0.29, 0.717) is 17.2 Å². The van der Waals surface area contributed by atoms with Crippen molar-refractivity contribution < 1.29 is 23.8 Å². The second-order valence-corrected chi connectivity index (χ2v) is 5.98. The number of carbonyl (C=O) groups excluding carboxylic acids is 2. The lowest BCUT2D eigenvalue weighted by molar-refractivity contribution is -0.162. The van der Waals surface area contributed by atoms with E-state index in [1.54, 1.807) is 18.2 Å². The fourth-order valence-electron chi connectivity index (χ4n) is 2.51. The van der Waals surface area contributed by atoms with Crippen LogP contribution in [0.4, 0.5) is 5.69 Å². The average molecular weight is 355 g/mol. The predicted molar refractivity (Wildman–Crippen MR) is 96.4 cm³/mol. The van der Waals surface area contributed by atoms with Gasteiger partial charge in [0, 0.05) is 5.69 Å². The van der Waals surface area contributed by atoms with E-state index in [9.17, 15) is 9.59 Å². The Labute approximate surface area is 152 Å². The van der Waals surface area contributed by atoms with Crippen LogP contribution in [0.5, 0.6) is 11.5 Å². The summed E-state index contributed by atoms with van der Waals surface area (Å²) in [5, 5.41) is 2.73. The third kappa shape index (κ3) is 4.14. The molecule has 2 atom stereocenters. The number of hydrogen-bond acceptors (Lipinski definition) is 5. The lowest BCUT2D eigenvalue weighted by Crippen LogP contribution is -2.41. The average Bonchev–Trinajstić information content (AvgIpc) is 2.68. The van der Waals surface area contributed by atoms with Crippen molar-refractivity contribution >= 4 is 17.6 Å². The van der Waals surface area contributed by atoms with Gasteiger partial charge in [0.15, 0.2) is 17.6 Å². The summed E-state index contributed by atoms with van der Waals surface area (Å²) < 4.78 is 16.3. The number of nitrogens with one attached hydrogen (secondary N) is 1. The van der Waals surface area contributed by atoms with Gasteiger partial charge in [0.05, 0.1) is 0 Å². The lowest BCUT2D eigenvalue weighted by atomic mass is 10.1. The van der Waals surface area contributed by atoms with E-state index in [2.05, 4.69) is 12.2 Å². The summed E-state index contributed by atoms with van der Waals surface area (Å²) in [7, 11) is 0. The highest BCUT2D eigenvalue weighted by Crippen LogP contribution is 2.31. The number of ether oxygens (including phenoxy) is 3. The third-order valence-corrected chi connectivity index (χ3v) is 4.06. The first kappa shape index (κ1) is 17.8. The molecule has 1 aliphatic rings. The number of aryl methyl sites for hydroxylation is 1. The quantitative estimate of drug-likeness (QED) is 0.835. The van der Waals surface area contributed by atoms with E-state index in [0.717, 1.165) is 6.42 Å². The highest BCUT2D eigenvalue weighted by molar-refractivity contribution is 5.95. The monoisotopic (exact) mass is 355 g/mol. The van der Waals surface area contributed by atoms with Crippen LogP contribution in [0.2, 0.25) is 0 Å². The van der Waals surface area contributed by atoms with Crippen molar-refractivity contribution in [3.05, 3.63) is 54.1 Å². The number of carbonyl (C=O) groups is 2. The lowest BCUT2D eigenvalue weighted by Gasteiger charge is -2.25. The Morgan fingerprint density at radius 1 is 1.15 bits per heavy atom. The molecule has 2 aromatic rings. The Bertz CT molecular complexity index is 787. The van der Waals surface area contributed by atoms with Gasteiger partial charge in [-0.25, -0.2) is 4.79 Å². The summed E-state index contributed by atoms with van der Waals surface area (Å²) >= 11 is 0. The third-order valence-electron chi connectivity index (χ3n) is 4.06. The van der Waals surface area contributed by atoms with E-state index in [1.807, 2.05) is 30.3 Å². The SMILES string of the molecule is CCc1ccc(NC(=O)[C@H](C)OC(=O)[C@H]2COc3ccccc3O2)cc1. The summed E-state index contributed by atoms with van der Waals surface area (Å²) in [6, 6.07) is 14.6. The van der Waals surface area contributed by atoms with Crippen LogP contribution in [0.25, 0.3) is 0 Å². The summed E-state index contributed by atoms with van der Waals surface area (Å²) in [5.41, 5.74) is 1.83. The van der Waals surface area contributed by atoms with E-state index < -0.39 is 24.1 Å². The van der Waals surface area contributed by atoms with Gasteiger partial charge in [0.2, 0.25) is 6.10 Å². The first-order chi connectivity index (χ1) is 12.6. The van der Waals surface area contributed by atoms with Gasteiger partial charge in [-0.05, 0) is 43.2 Å². The first-order valence-electron chi connectivity index (χ1n) is 8.55. The molecule has 1 N–H and O–H groups in total. The molecule has 0 bridgehead atoms. The van der Waals surface area contributed by atoms with Gasteiger partial charge in [0.25, 0.3) is 5.91 Å². The van der Waals surface area contributed by atoms with E-state index in [1.165, 1.54) is 12.5 Å². The number of rotatable bonds is 5. The minimum absolute atomic E-state index is 0.0443. The fourth-order valence-corrected chi connectivity index (χ4v) is 2.51. The molecule has 0 spiro atoms. The minimum Gasteiger partial charge on any atom is -0.485 e. The van der Waals surface area contributed by atoms with Crippen LogP contribution in [-0.2, 0) is 20.7 Å². The topological polar surface area (TPSA) is 73.9 Å². The second-order valence-electron chi connectivity index (χ2n) is 5.98. The molecule has 1 heterocycles. The Balaban J connectivity index is 1.54. The Morgan fingerprint density at radius 2 is 1.85 bits per heavy atom. The van der Waals surface area contributed by atoms with Crippen molar-refractivity contribution in [1.29, 1.82) is 0 Å². The van der Waals surface area contributed by atoms with E-state index in [-0.39, 0.29) is 6.61 Å². The van der Waals surface area contributed by atoms with Crippen LogP contribution >= 0.6 is 0 Å². The predicted octanol–water partition coefficient (Wildman–Crippen LogP) is 2.96. The zero-order valence-electron chi connectivity index (χ0n) is 14.7. The number of fused-ring (bicyclic) bond motifs is 1. The molecule has 0 unspecified atom stereocenters. The van der Waals surface area contributed by atoms with Crippen LogP contribution in [0.3, 0.4) is 0 Å². The summed E-state index contributed by atoms with van der Waals surface area (Å²) in [6.07, 6.45) is -0.924. The zero-order chi connectivity index (χ0) is 18.5. The molecular weight excluding hydrogens is 334 g/mol. The Kier molecular flexibility index (Phi) is 5.41. The molecular formula is C20H21NO5. The van der Waals surface area contributed by atoms with Gasteiger partial charge in [0.1, 0.15) is 6.61 Å². The Morgan fingerprint density at radius 3 is 2.54 bits per heavy atom. The molecule has 6 heteroatoms. The maximum Gasteiger partial charge on any atom is 0.351 e. The minimum atomic E-state index is -0.950. The molecule has 0 aliphatic carbocycles. The normalized spacial score (nSPS) is 16.5. The smallest absolute Gasteiger partial charge is 0.351 e. The van der Waals surface area contributed by atoms with Gasteiger partial charge >= 0.3 is 5.97 Å². The molecule has 0 saturated carbocycles. The van der Waals surface area contributed by atoms with Crippen LogP contribution in [0.1, 0.15) is 19.4 Å². The van der Waals surface area contributed by atoms with Crippen molar-refractivity contribution in [2.45, 2.75) is 32.5 Å². The molecule has 0 fully saturated rings. The van der Waals surface area contributed by atoms with Gasteiger partial charge < -0.3 is 19.5 Å². The van der Waals surface area contributed by atoms with Crippen LogP contribution < -0.4 is 14.8 Å². The molecule has 2 aromatic carbocycles. The van der Waals surface area contributed by atoms with Crippen LogP contribution in [0.15, 0.2) is 48.5 Å². The highest BCUT2D eigenvalue weighted by Gasteiger charge is 2.31. The number of benzene rings is 2. The van der Waals surface area contributed by atoms with Crippen LogP contribution in [-0.4, -0.2) is 30.7 Å². The maximum absolute atomic E-state index is 12.3. The molecule has 0 aromatic heterocycles. The largest absolute Gasteiger partial charge is 0.485 e. The molecule has 26 heavy (non-hydrogen) atoms. The number of hydrogen-bond donors (Lipinski definition) is 1.